The number of ketones is 1. The Kier molecular flexibility index (Phi) is 6.38. The highest BCUT2D eigenvalue weighted by atomic mass is 16.5. The minimum Gasteiger partial charge on any atom is -0.493 e. The van der Waals surface area contributed by atoms with E-state index in [1.807, 2.05) is 0 Å². The normalized spacial score (nSPS) is 10.5. The minimum atomic E-state index is -0.490. The topological polar surface area (TPSA) is 71.1 Å². The lowest BCUT2D eigenvalue weighted by atomic mass is 10.1. The molecule has 0 unspecified atom stereocenters. The summed E-state index contributed by atoms with van der Waals surface area (Å²) in [7, 11) is 4.54. The van der Waals surface area contributed by atoms with Gasteiger partial charge in [-0.15, -0.1) is 0 Å². The molecule has 0 bridgehead atoms. The summed E-state index contributed by atoms with van der Waals surface area (Å²) in [5.74, 6) is 0.825. The van der Waals surface area contributed by atoms with Crippen molar-refractivity contribution in [3.63, 3.8) is 0 Å². The Balaban J connectivity index is 2.36. The summed E-state index contributed by atoms with van der Waals surface area (Å²) in [6.45, 7) is 1.28. The van der Waals surface area contributed by atoms with Gasteiger partial charge in [0, 0.05) is 12.5 Å². The minimum absolute atomic E-state index is 0.217. The Morgan fingerprint density at radius 3 is 2.15 bits per heavy atom. The van der Waals surface area contributed by atoms with E-state index >= 15 is 0 Å². The standard InChI is InChI=1S/C20H20O6/c1-13(21)26-17-8-6-5-7-15(17)16(22)11-9-14-10-12-18(23-2)20(25-4)19(14)24-3/h5-12H,1-4H3. The van der Waals surface area contributed by atoms with Gasteiger partial charge in [0.15, 0.2) is 17.3 Å². The molecule has 0 fully saturated rings. The lowest BCUT2D eigenvalue weighted by Crippen LogP contribution is -2.06. The molecule has 0 radical (unpaired) electrons. The Bertz CT molecular complexity index is 838. The Hall–Kier alpha value is -3.28. The summed E-state index contributed by atoms with van der Waals surface area (Å²) in [6.07, 6.45) is 2.99. The third-order valence-corrected chi connectivity index (χ3v) is 3.56. The fourth-order valence-electron chi connectivity index (χ4n) is 2.42. The number of carbonyl (C=O) groups is 2. The Morgan fingerprint density at radius 1 is 0.846 bits per heavy atom. The van der Waals surface area contributed by atoms with Crippen molar-refractivity contribution in [1.82, 2.24) is 0 Å². The Labute approximate surface area is 151 Å². The van der Waals surface area contributed by atoms with E-state index in [1.165, 1.54) is 34.3 Å². The summed E-state index contributed by atoms with van der Waals surface area (Å²) in [5.41, 5.74) is 0.932. The average Bonchev–Trinajstić information content (AvgIpc) is 2.64. The maximum atomic E-state index is 12.5. The van der Waals surface area contributed by atoms with Crippen LogP contribution >= 0.6 is 0 Å². The fraction of sp³-hybridized carbons (Fsp3) is 0.200. The first-order chi connectivity index (χ1) is 12.5. The maximum absolute atomic E-state index is 12.5. The molecular formula is C20H20O6. The van der Waals surface area contributed by atoms with Gasteiger partial charge in [-0.2, -0.15) is 0 Å². The van der Waals surface area contributed by atoms with Crippen LogP contribution in [0.15, 0.2) is 42.5 Å². The second-order valence-corrected chi connectivity index (χ2v) is 5.21. The lowest BCUT2D eigenvalue weighted by Gasteiger charge is -2.14. The second kappa shape index (κ2) is 8.71. The fourth-order valence-corrected chi connectivity index (χ4v) is 2.42. The van der Waals surface area contributed by atoms with Gasteiger partial charge in [-0.05, 0) is 36.4 Å². The molecule has 136 valence electrons. The molecule has 0 spiro atoms. The van der Waals surface area contributed by atoms with Crippen molar-refractivity contribution < 1.29 is 28.5 Å². The number of ether oxygens (including phenoxy) is 4. The first-order valence-corrected chi connectivity index (χ1v) is 7.80. The van der Waals surface area contributed by atoms with Crippen molar-refractivity contribution in [2.24, 2.45) is 0 Å². The predicted octanol–water partition coefficient (Wildman–Crippen LogP) is 3.53. The summed E-state index contributed by atoms with van der Waals surface area (Å²) in [4.78, 5) is 23.7. The van der Waals surface area contributed by atoms with Gasteiger partial charge in [0.05, 0.1) is 26.9 Å². The number of para-hydroxylation sites is 1. The van der Waals surface area contributed by atoms with E-state index in [0.717, 1.165) is 0 Å². The van der Waals surface area contributed by atoms with Gasteiger partial charge in [-0.1, -0.05) is 12.1 Å². The molecule has 0 aliphatic carbocycles. The van der Waals surface area contributed by atoms with Crippen LogP contribution in [0.1, 0.15) is 22.8 Å². The SMILES string of the molecule is COc1ccc(C=CC(=O)c2ccccc2OC(C)=O)c(OC)c1OC. The Morgan fingerprint density at radius 2 is 1.54 bits per heavy atom. The van der Waals surface area contributed by atoms with Crippen LogP contribution in [0.4, 0.5) is 0 Å². The quantitative estimate of drug-likeness (QED) is 0.327. The first kappa shape index (κ1) is 19.1. The number of carbonyl (C=O) groups excluding carboxylic acids is 2. The van der Waals surface area contributed by atoms with E-state index in [2.05, 4.69) is 0 Å². The zero-order valence-corrected chi connectivity index (χ0v) is 15.1. The largest absolute Gasteiger partial charge is 0.493 e. The van der Waals surface area contributed by atoms with Crippen LogP contribution in [0.2, 0.25) is 0 Å². The molecule has 6 heteroatoms. The summed E-state index contributed by atoms with van der Waals surface area (Å²) >= 11 is 0. The van der Waals surface area contributed by atoms with E-state index < -0.39 is 5.97 Å². The van der Waals surface area contributed by atoms with Crippen LogP contribution in [-0.4, -0.2) is 33.1 Å². The molecule has 26 heavy (non-hydrogen) atoms. The molecular weight excluding hydrogens is 336 g/mol. The number of rotatable bonds is 7. The highest BCUT2D eigenvalue weighted by molar-refractivity contribution is 6.09. The monoisotopic (exact) mass is 356 g/mol. The molecule has 0 aliphatic rings. The number of methoxy groups -OCH3 is 3. The number of hydrogen-bond donors (Lipinski definition) is 0. The van der Waals surface area contributed by atoms with Crippen LogP contribution < -0.4 is 18.9 Å². The number of esters is 1. The number of allylic oxidation sites excluding steroid dienone is 1. The van der Waals surface area contributed by atoms with Crippen LogP contribution in [0, 0.1) is 0 Å². The van der Waals surface area contributed by atoms with Crippen molar-refractivity contribution in [1.29, 1.82) is 0 Å². The van der Waals surface area contributed by atoms with Gasteiger partial charge in [0.25, 0.3) is 0 Å². The van der Waals surface area contributed by atoms with Crippen molar-refractivity contribution in [3.8, 4) is 23.0 Å². The summed E-state index contributed by atoms with van der Waals surface area (Å²) in [5, 5.41) is 0. The molecule has 0 saturated heterocycles. The molecule has 0 atom stereocenters. The molecule has 0 aliphatic heterocycles. The van der Waals surface area contributed by atoms with Gasteiger partial charge < -0.3 is 18.9 Å². The molecule has 0 N–H and O–H groups in total. The molecule has 0 saturated carbocycles. The number of hydrogen-bond acceptors (Lipinski definition) is 6. The molecule has 2 aromatic rings. The highest BCUT2D eigenvalue weighted by Gasteiger charge is 2.15. The zero-order valence-electron chi connectivity index (χ0n) is 15.1. The molecule has 0 amide bonds. The van der Waals surface area contributed by atoms with E-state index in [4.69, 9.17) is 18.9 Å². The van der Waals surface area contributed by atoms with Crippen molar-refractivity contribution in [3.05, 3.63) is 53.6 Å². The second-order valence-electron chi connectivity index (χ2n) is 5.21. The molecule has 0 heterocycles. The van der Waals surface area contributed by atoms with Gasteiger partial charge in [-0.25, -0.2) is 0 Å². The van der Waals surface area contributed by atoms with Crippen LogP contribution in [-0.2, 0) is 4.79 Å². The summed E-state index contributed by atoms with van der Waals surface area (Å²) in [6, 6.07) is 10.0. The van der Waals surface area contributed by atoms with Crippen LogP contribution in [0.25, 0.3) is 6.08 Å². The first-order valence-electron chi connectivity index (χ1n) is 7.80. The molecule has 2 rings (SSSR count). The zero-order chi connectivity index (χ0) is 19.1. The van der Waals surface area contributed by atoms with E-state index in [0.29, 0.717) is 28.4 Å². The van der Waals surface area contributed by atoms with Gasteiger partial charge in [0.2, 0.25) is 5.75 Å². The maximum Gasteiger partial charge on any atom is 0.308 e. The van der Waals surface area contributed by atoms with Crippen LogP contribution in [0.5, 0.6) is 23.0 Å². The smallest absolute Gasteiger partial charge is 0.308 e. The van der Waals surface area contributed by atoms with Gasteiger partial charge in [0.1, 0.15) is 5.75 Å². The summed E-state index contributed by atoms with van der Waals surface area (Å²) < 4.78 is 21.0. The van der Waals surface area contributed by atoms with E-state index in [-0.39, 0.29) is 11.5 Å². The highest BCUT2D eigenvalue weighted by Crippen LogP contribution is 2.40. The van der Waals surface area contributed by atoms with Crippen molar-refractivity contribution in [2.75, 3.05) is 21.3 Å². The van der Waals surface area contributed by atoms with Gasteiger partial charge in [-0.3, -0.25) is 9.59 Å². The third-order valence-electron chi connectivity index (χ3n) is 3.56. The van der Waals surface area contributed by atoms with Gasteiger partial charge >= 0.3 is 5.97 Å². The third kappa shape index (κ3) is 4.22. The van der Waals surface area contributed by atoms with E-state index in [1.54, 1.807) is 42.5 Å². The molecule has 0 aromatic heterocycles. The molecule has 6 nitrogen and oxygen atoms in total. The predicted molar refractivity (Wildman–Crippen MR) is 97.2 cm³/mol. The van der Waals surface area contributed by atoms with Crippen molar-refractivity contribution in [2.45, 2.75) is 6.92 Å². The lowest BCUT2D eigenvalue weighted by molar-refractivity contribution is -0.131. The average molecular weight is 356 g/mol. The molecule has 2 aromatic carbocycles. The van der Waals surface area contributed by atoms with Crippen LogP contribution in [0.3, 0.4) is 0 Å². The van der Waals surface area contributed by atoms with E-state index in [9.17, 15) is 9.59 Å². The van der Waals surface area contributed by atoms with Crippen molar-refractivity contribution >= 4 is 17.8 Å². The number of benzene rings is 2.